The first kappa shape index (κ1) is 32.5. The molecule has 3 aliphatic rings. The standard InChI is InChI=1S/C33H40BrClN8O3/c1-21-37-8-12-40(21)13-9-38-32(45)28-20-42(14-15-43(28)29(44)16-22-6-10-41(11-7-22)33(36)46)31-27-5-4-26(35)18-23(27)2-3-24-17-25(34)19-39-30(24)31/h4-5,8,12,17-19,22,28,31H,2-3,6-7,9-11,13-16,20H2,1H3,(H2,36,46)(H,38,45)/t28-,31?/m1/s1. The summed E-state index contributed by atoms with van der Waals surface area (Å²) in [5.41, 5.74) is 9.90. The number of likely N-dealkylation sites (tertiary alicyclic amines) is 1. The van der Waals surface area contributed by atoms with Gasteiger partial charge in [0, 0.05) is 80.3 Å². The third kappa shape index (κ3) is 7.08. The van der Waals surface area contributed by atoms with Gasteiger partial charge in [-0.05, 0) is 89.3 Å². The number of imidazole rings is 1. The van der Waals surface area contributed by atoms with Crippen LogP contribution in [0.4, 0.5) is 4.79 Å². The van der Waals surface area contributed by atoms with Crippen molar-refractivity contribution in [2.24, 2.45) is 11.7 Å². The van der Waals surface area contributed by atoms with E-state index in [0.717, 1.165) is 52.8 Å². The normalized spacial score (nSPS) is 20.5. The van der Waals surface area contributed by atoms with Gasteiger partial charge in [-0.15, -0.1) is 0 Å². The smallest absolute Gasteiger partial charge is 0.314 e. The Labute approximate surface area is 282 Å². The number of primary amides is 1. The average molecular weight is 712 g/mol. The monoisotopic (exact) mass is 710 g/mol. The van der Waals surface area contributed by atoms with Gasteiger partial charge in [-0.25, -0.2) is 9.78 Å². The molecule has 244 valence electrons. The molecule has 0 radical (unpaired) electrons. The van der Waals surface area contributed by atoms with Gasteiger partial charge < -0.3 is 25.4 Å². The number of nitrogens with two attached hydrogens (primary N) is 1. The van der Waals surface area contributed by atoms with E-state index in [1.165, 1.54) is 5.56 Å². The molecule has 0 spiro atoms. The lowest BCUT2D eigenvalue weighted by atomic mass is 9.92. The maximum absolute atomic E-state index is 14.0. The fourth-order valence-electron chi connectivity index (χ4n) is 7.12. The first-order valence-corrected chi connectivity index (χ1v) is 17.1. The van der Waals surface area contributed by atoms with Gasteiger partial charge >= 0.3 is 6.03 Å². The van der Waals surface area contributed by atoms with Crippen molar-refractivity contribution < 1.29 is 14.4 Å². The van der Waals surface area contributed by atoms with Crippen molar-refractivity contribution in [1.82, 2.24) is 34.6 Å². The van der Waals surface area contributed by atoms with Crippen LogP contribution in [0.25, 0.3) is 0 Å². The maximum Gasteiger partial charge on any atom is 0.314 e. The van der Waals surface area contributed by atoms with Crippen LogP contribution in [0.3, 0.4) is 0 Å². The molecule has 0 saturated carbocycles. The third-order valence-electron chi connectivity index (χ3n) is 9.66. The predicted molar refractivity (Wildman–Crippen MR) is 178 cm³/mol. The molecule has 2 fully saturated rings. The Hall–Kier alpha value is -3.48. The quantitative estimate of drug-likeness (QED) is 0.385. The highest BCUT2D eigenvalue weighted by atomic mass is 79.9. The fraction of sp³-hybridized carbons (Fsp3) is 0.485. The second kappa shape index (κ2) is 14.1. The minimum atomic E-state index is -0.672. The van der Waals surface area contributed by atoms with Crippen molar-refractivity contribution in [3.63, 3.8) is 0 Å². The number of hydrogen-bond acceptors (Lipinski definition) is 6. The molecular weight excluding hydrogens is 672 g/mol. The van der Waals surface area contributed by atoms with Gasteiger partial charge in [0.25, 0.3) is 0 Å². The molecule has 1 unspecified atom stereocenters. The average Bonchev–Trinajstić information content (AvgIpc) is 3.38. The Balaban J connectivity index is 1.25. The summed E-state index contributed by atoms with van der Waals surface area (Å²) in [5, 5.41) is 3.80. The third-order valence-corrected chi connectivity index (χ3v) is 10.3. The van der Waals surface area contributed by atoms with Crippen molar-refractivity contribution in [3.8, 4) is 0 Å². The van der Waals surface area contributed by atoms with Crippen LogP contribution in [0, 0.1) is 12.8 Å². The molecule has 6 rings (SSSR count). The molecule has 46 heavy (non-hydrogen) atoms. The largest absolute Gasteiger partial charge is 0.352 e. The Morgan fingerprint density at radius 1 is 1.07 bits per heavy atom. The van der Waals surface area contributed by atoms with E-state index in [1.807, 2.05) is 36.0 Å². The number of hydrogen-bond donors (Lipinski definition) is 2. The molecule has 1 aromatic carbocycles. The molecule has 3 N–H and O–H groups in total. The van der Waals surface area contributed by atoms with Crippen LogP contribution in [-0.2, 0) is 29.0 Å². The van der Waals surface area contributed by atoms with E-state index in [2.05, 4.69) is 43.3 Å². The van der Waals surface area contributed by atoms with Gasteiger partial charge in [-0.2, -0.15) is 0 Å². The Kier molecular flexibility index (Phi) is 9.95. The van der Waals surface area contributed by atoms with Crippen LogP contribution in [0.1, 0.15) is 53.5 Å². The predicted octanol–water partition coefficient (Wildman–Crippen LogP) is 3.70. The van der Waals surface area contributed by atoms with E-state index < -0.39 is 12.1 Å². The summed E-state index contributed by atoms with van der Waals surface area (Å²) >= 11 is 10.1. The zero-order chi connectivity index (χ0) is 32.4. The molecule has 2 aliphatic heterocycles. The van der Waals surface area contributed by atoms with Crippen molar-refractivity contribution in [3.05, 3.63) is 80.6 Å². The van der Waals surface area contributed by atoms with Crippen molar-refractivity contribution in [2.75, 3.05) is 39.3 Å². The zero-order valence-electron chi connectivity index (χ0n) is 26.0. The molecule has 2 atom stereocenters. The second-order valence-corrected chi connectivity index (χ2v) is 13.8. The van der Waals surface area contributed by atoms with Gasteiger partial charge in [0.15, 0.2) is 0 Å². The van der Waals surface area contributed by atoms with E-state index in [0.29, 0.717) is 57.3 Å². The van der Waals surface area contributed by atoms with E-state index in [4.69, 9.17) is 22.3 Å². The molecule has 3 aromatic rings. The van der Waals surface area contributed by atoms with Crippen molar-refractivity contribution in [2.45, 2.75) is 57.7 Å². The van der Waals surface area contributed by atoms with E-state index in [1.54, 1.807) is 16.0 Å². The van der Waals surface area contributed by atoms with Crippen LogP contribution in [-0.4, -0.2) is 92.4 Å². The first-order chi connectivity index (χ1) is 22.2. The number of amides is 4. The van der Waals surface area contributed by atoms with Crippen LogP contribution >= 0.6 is 27.5 Å². The second-order valence-electron chi connectivity index (χ2n) is 12.5. The lowest BCUT2D eigenvalue weighted by molar-refractivity contribution is -0.145. The molecule has 2 saturated heterocycles. The summed E-state index contributed by atoms with van der Waals surface area (Å²) in [4.78, 5) is 54.3. The van der Waals surface area contributed by atoms with Gasteiger partial charge in [0.05, 0.1) is 11.7 Å². The fourth-order valence-corrected chi connectivity index (χ4v) is 7.70. The summed E-state index contributed by atoms with van der Waals surface area (Å²) in [6, 6.07) is 6.90. The van der Waals surface area contributed by atoms with Crippen LogP contribution in [0.5, 0.6) is 0 Å². The van der Waals surface area contributed by atoms with E-state index >= 15 is 0 Å². The number of pyridine rings is 1. The molecule has 4 amide bonds. The number of halogens is 2. The first-order valence-electron chi connectivity index (χ1n) is 15.9. The number of carbonyl (C=O) groups is 3. The zero-order valence-corrected chi connectivity index (χ0v) is 28.3. The number of nitrogens with zero attached hydrogens (tertiary/aromatic N) is 6. The van der Waals surface area contributed by atoms with Crippen LogP contribution in [0.2, 0.25) is 5.02 Å². The van der Waals surface area contributed by atoms with Crippen molar-refractivity contribution in [1.29, 1.82) is 0 Å². The number of aromatic nitrogens is 3. The highest BCUT2D eigenvalue weighted by molar-refractivity contribution is 9.10. The summed E-state index contributed by atoms with van der Waals surface area (Å²) in [6.07, 6.45) is 8.91. The molecule has 13 heteroatoms. The van der Waals surface area contributed by atoms with Crippen LogP contribution < -0.4 is 11.1 Å². The number of piperidine rings is 1. The van der Waals surface area contributed by atoms with Gasteiger partial charge in [0.1, 0.15) is 11.9 Å². The number of urea groups is 1. The summed E-state index contributed by atoms with van der Waals surface area (Å²) in [5.74, 6) is 0.816. The molecule has 4 heterocycles. The van der Waals surface area contributed by atoms with Crippen molar-refractivity contribution >= 4 is 45.4 Å². The lowest BCUT2D eigenvalue weighted by Gasteiger charge is -2.44. The van der Waals surface area contributed by atoms with E-state index in [-0.39, 0.29) is 23.8 Å². The molecule has 11 nitrogen and oxygen atoms in total. The number of nitrogens with one attached hydrogen (secondary N) is 1. The summed E-state index contributed by atoms with van der Waals surface area (Å²) < 4.78 is 2.92. The van der Waals surface area contributed by atoms with E-state index in [9.17, 15) is 14.4 Å². The molecule has 1 aliphatic carbocycles. The lowest BCUT2D eigenvalue weighted by Crippen LogP contribution is -2.61. The Morgan fingerprint density at radius 3 is 2.59 bits per heavy atom. The van der Waals surface area contributed by atoms with Gasteiger partial charge in [0.2, 0.25) is 11.8 Å². The number of fused-ring (bicyclic) bond motifs is 2. The summed E-state index contributed by atoms with van der Waals surface area (Å²) in [7, 11) is 0. The number of benzene rings is 1. The van der Waals surface area contributed by atoms with Gasteiger partial charge in [-0.1, -0.05) is 17.7 Å². The highest BCUT2D eigenvalue weighted by Crippen LogP contribution is 2.38. The minimum absolute atomic E-state index is 0.0294. The molecule has 2 aromatic heterocycles. The molecule has 0 bridgehead atoms. The Morgan fingerprint density at radius 2 is 1.85 bits per heavy atom. The topological polar surface area (TPSA) is 130 Å². The minimum Gasteiger partial charge on any atom is -0.352 e. The molecular formula is C33H40BrClN8O3. The number of rotatable bonds is 7. The highest BCUT2D eigenvalue weighted by Gasteiger charge is 2.41. The summed E-state index contributed by atoms with van der Waals surface area (Å²) in [6.45, 7) is 5.41. The maximum atomic E-state index is 14.0. The van der Waals surface area contributed by atoms with Crippen LogP contribution in [0.15, 0.2) is 47.3 Å². The Bertz CT molecular complexity index is 1550. The van der Waals surface area contributed by atoms with Gasteiger partial charge in [-0.3, -0.25) is 19.5 Å². The number of piperazine rings is 1. The number of carbonyl (C=O) groups excluding carboxylic acids is 3. The SMILES string of the molecule is Cc1nccn1CCNC(=O)[C@H]1CN(C2c3ccc(Cl)cc3CCc3cc(Br)cnc32)CCN1C(=O)CC1CCN(C(N)=O)CC1. The number of aryl methyl sites for hydroxylation is 3.